The van der Waals surface area contributed by atoms with Crippen molar-refractivity contribution in [2.75, 3.05) is 4.90 Å². The minimum absolute atomic E-state index is 0.0150. The van der Waals surface area contributed by atoms with Crippen LogP contribution in [0.15, 0.2) is 36.4 Å². The van der Waals surface area contributed by atoms with E-state index in [0.717, 1.165) is 17.7 Å². The van der Waals surface area contributed by atoms with Crippen LogP contribution < -0.4 is 4.90 Å². The number of thiophene rings is 1. The first kappa shape index (κ1) is 19.6. The molecule has 0 bridgehead atoms. The van der Waals surface area contributed by atoms with Gasteiger partial charge in [-0.05, 0) is 44.0 Å². The van der Waals surface area contributed by atoms with Gasteiger partial charge in [0.05, 0.1) is 15.6 Å². The molecular weight excluding hydrogens is 386 g/mol. The number of ether oxygens (including phenoxy) is 1. The summed E-state index contributed by atoms with van der Waals surface area (Å²) in [6.45, 7) is 3.53. The monoisotopic (exact) mass is 405 g/mol. The third-order valence-electron chi connectivity index (χ3n) is 4.50. The number of Topliss-reactive ketones (excluding diaryl/α,β-unsaturated/α-hetero) is 1. The third kappa shape index (κ3) is 4.39. The molecule has 142 valence electrons. The molecule has 27 heavy (non-hydrogen) atoms. The van der Waals surface area contributed by atoms with Gasteiger partial charge in [-0.2, -0.15) is 0 Å². The number of anilines is 1. The van der Waals surface area contributed by atoms with Crippen molar-refractivity contribution in [1.82, 2.24) is 0 Å². The number of fused-ring (bicyclic) bond motifs is 1. The van der Waals surface area contributed by atoms with Crippen molar-refractivity contribution in [3.8, 4) is 0 Å². The summed E-state index contributed by atoms with van der Waals surface area (Å²) < 4.78 is 5.80. The molecule has 0 fully saturated rings. The molecule has 1 aromatic heterocycles. The molecule has 1 aliphatic rings. The Kier molecular flexibility index (Phi) is 5.97. The smallest absolute Gasteiger partial charge is 0.307 e. The maximum atomic E-state index is 12.8. The van der Waals surface area contributed by atoms with Gasteiger partial charge < -0.3 is 9.64 Å². The first-order chi connectivity index (χ1) is 12.9. The summed E-state index contributed by atoms with van der Waals surface area (Å²) in [6, 6.07) is 11.0. The summed E-state index contributed by atoms with van der Waals surface area (Å²) in [4.78, 5) is 39.1. The Morgan fingerprint density at radius 1 is 1.22 bits per heavy atom. The van der Waals surface area contributed by atoms with Crippen LogP contribution in [0.5, 0.6) is 0 Å². The molecule has 5 nitrogen and oxygen atoms in total. The molecule has 0 unspecified atom stereocenters. The second kappa shape index (κ2) is 8.23. The van der Waals surface area contributed by atoms with Crippen LogP contribution >= 0.6 is 22.9 Å². The van der Waals surface area contributed by atoms with E-state index in [1.165, 1.54) is 11.3 Å². The summed E-state index contributed by atoms with van der Waals surface area (Å²) in [5.74, 6) is -0.978. The molecule has 2 atom stereocenters. The van der Waals surface area contributed by atoms with E-state index in [1.807, 2.05) is 31.2 Å². The molecule has 3 rings (SSSR count). The lowest BCUT2D eigenvalue weighted by Gasteiger charge is -2.25. The predicted molar refractivity (Wildman–Crippen MR) is 106 cm³/mol. The lowest BCUT2D eigenvalue weighted by Crippen LogP contribution is -2.43. The molecule has 0 saturated heterocycles. The Morgan fingerprint density at radius 3 is 2.67 bits per heavy atom. The summed E-state index contributed by atoms with van der Waals surface area (Å²) in [5.41, 5.74) is 1.97. The Hall–Kier alpha value is -2.18. The predicted octanol–water partition coefficient (Wildman–Crippen LogP) is 4.27. The Balaban J connectivity index is 1.55. The topological polar surface area (TPSA) is 63.7 Å². The largest absolute Gasteiger partial charge is 0.453 e. The Morgan fingerprint density at radius 2 is 1.96 bits per heavy atom. The second-order valence-corrected chi connectivity index (χ2v) is 8.26. The van der Waals surface area contributed by atoms with Gasteiger partial charge in [-0.1, -0.05) is 29.8 Å². The molecule has 1 aromatic carbocycles. The highest BCUT2D eigenvalue weighted by molar-refractivity contribution is 7.18. The summed E-state index contributed by atoms with van der Waals surface area (Å²) >= 11 is 6.99. The van der Waals surface area contributed by atoms with Gasteiger partial charge in [-0.15, -0.1) is 11.3 Å². The molecule has 2 heterocycles. The van der Waals surface area contributed by atoms with Crippen molar-refractivity contribution < 1.29 is 19.1 Å². The van der Waals surface area contributed by atoms with E-state index < -0.39 is 12.1 Å². The normalized spacial score (nSPS) is 16.7. The van der Waals surface area contributed by atoms with Crippen molar-refractivity contribution in [1.29, 1.82) is 0 Å². The highest BCUT2D eigenvalue weighted by Crippen LogP contribution is 2.32. The molecule has 0 N–H and O–H groups in total. The average molecular weight is 406 g/mol. The van der Waals surface area contributed by atoms with E-state index in [2.05, 4.69) is 0 Å². The summed E-state index contributed by atoms with van der Waals surface area (Å²) in [6.07, 6.45) is -0.171. The fourth-order valence-corrected chi connectivity index (χ4v) is 4.22. The van der Waals surface area contributed by atoms with Gasteiger partial charge in [0.1, 0.15) is 0 Å². The van der Waals surface area contributed by atoms with E-state index in [9.17, 15) is 14.4 Å². The highest BCUT2D eigenvalue weighted by Gasteiger charge is 2.34. The van der Waals surface area contributed by atoms with E-state index >= 15 is 0 Å². The van der Waals surface area contributed by atoms with E-state index in [-0.39, 0.29) is 30.6 Å². The van der Waals surface area contributed by atoms with Crippen molar-refractivity contribution in [2.24, 2.45) is 0 Å². The molecule has 0 aliphatic carbocycles. The molecule has 0 spiro atoms. The van der Waals surface area contributed by atoms with Crippen LogP contribution in [0, 0.1) is 0 Å². The standard InChI is InChI=1S/C20H20ClNO4S/c1-12-11-14-5-3-4-6-15(14)22(12)20(25)13(2)26-19(24)10-7-16(23)17-8-9-18(21)27-17/h3-6,8-9,12-13H,7,10-11H2,1-2H3/t12-,13-/m1/s1. The van der Waals surface area contributed by atoms with Crippen LogP contribution in [0.1, 0.15) is 41.9 Å². The van der Waals surface area contributed by atoms with E-state index in [0.29, 0.717) is 9.21 Å². The van der Waals surface area contributed by atoms with Crippen LogP contribution in [0.3, 0.4) is 0 Å². The van der Waals surface area contributed by atoms with Gasteiger partial charge in [0.25, 0.3) is 5.91 Å². The number of carbonyl (C=O) groups is 3. The Bertz CT molecular complexity index is 878. The number of hydrogen-bond donors (Lipinski definition) is 0. The van der Waals surface area contributed by atoms with Crippen molar-refractivity contribution >= 4 is 46.3 Å². The number of ketones is 1. The van der Waals surface area contributed by atoms with Crippen LogP contribution in [0.2, 0.25) is 4.34 Å². The zero-order chi connectivity index (χ0) is 19.6. The third-order valence-corrected chi connectivity index (χ3v) is 5.78. The first-order valence-electron chi connectivity index (χ1n) is 8.76. The molecule has 1 amide bonds. The van der Waals surface area contributed by atoms with Crippen LogP contribution in [-0.4, -0.2) is 29.8 Å². The van der Waals surface area contributed by atoms with Gasteiger partial charge in [0.15, 0.2) is 11.9 Å². The average Bonchev–Trinajstić information content (AvgIpc) is 3.21. The van der Waals surface area contributed by atoms with Crippen molar-refractivity contribution in [2.45, 2.75) is 45.3 Å². The van der Waals surface area contributed by atoms with E-state index in [1.54, 1.807) is 24.0 Å². The summed E-state index contributed by atoms with van der Waals surface area (Å²) in [7, 11) is 0. The number of hydrogen-bond acceptors (Lipinski definition) is 5. The van der Waals surface area contributed by atoms with Crippen molar-refractivity contribution in [3.05, 3.63) is 51.2 Å². The van der Waals surface area contributed by atoms with Gasteiger partial charge in [-0.3, -0.25) is 14.4 Å². The highest BCUT2D eigenvalue weighted by atomic mass is 35.5. The minimum atomic E-state index is -0.905. The zero-order valence-corrected chi connectivity index (χ0v) is 16.7. The number of nitrogens with zero attached hydrogens (tertiary/aromatic N) is 1. The maximum absolute atomic E-state index is 12.8. The van der Waals surface area contributed by atoms with Gasteiger partial charge >= 0.3 is 5.97 Å². The number of esters is 1. The van der Waals surface area contributed by atoms with Gasteiger partial charge in [0, 0.05) is 18.2 Å². The van der Waals surface area contributed by atoms with Gasteiger partial charge in [0.2, 0.25) is 0 Å². The SMILES string of the molecule is C[C@@H]1Cc2ccccc2N1C(=O)[C@@H](C)OC(=O)CCC(=O)c1ccc(Cl)s1. The minimum Gasteiger partial charge on any atom is -0.453 e. The summed E-state index contributed by atoms with van der Waals surface area (Å²) in [5, 5.41) is 0. The number of rotatable bonds is 6. The number of amides is 1. The van der Waals surface area contributed by atoms with Crippen LogP contribution in [0.25, 0.3) is 0 Å². The van der Waals surface area contributed by atoms with Crippen molar-refractivity contribution in [3.63, 3.8) is 0 Å². The molecule has 2 aromatic rings. The number of carbonyl (C=O) groups excluding carboxylic acids is 3. The Labute approximate surface area is 166 Å². The van der Waals surface area contributed by atoms with Crippen LogP contribution in [-0.2, 0) is 20.7 Å². The number of para-hydroxylation sites is 1. The molecular formula is C20H20ClNO4S. The van der Waals surface area contributed by atoms with Crippen LogP contribution in [0.4, 0.5) is 5.69 Å². The fourth-order valence-electron chi connectivity index (χ4n) is 3.21. The fraction of sp³-hybridized carbons (Fsp3) is 0.350. The number of halogens is 1. The quantitative estimate of drug-likeness (QED) is 0.531. The lowest BCUT2D eigenvalue weighted by molar-refractivity contribution is -0.153. The molecule has 7 heteroatoms. The maximum Gasteiger partial charge on any atom is 0.307 e. The van der Waals surface area contributed by atoms with Gasteiger partial charge in [-0.25, -0.2) is 0 Å². The zero-order valence-electron chi connectivity index (χ0n) is 15.1. The lowest BCUT2D eigenvalue weighted by atomic mass is 10.1. The molecule has 1 aliphatic heterocycles. The second-order valence-electron chi connectivity index (χ2n) is 6.55. The first-order valence-corrected chi connectivity index (χ1v) is 9.95. The number of benzene rings is 1. The van der Waals surface area contributed by atoms with E-state index in [4.69, 9.17) is 16.3 Å². The molecule has 0 saturated carbocycles. The molecule has 0 radical (unpaired) electrons.